The van der Waals surface area contributed by atoms with E-state index < -0.39 is 23.0 Å². The molecule has 1 N–H and O–H groups in total. The lowest BCUT2D eigenvalue weighted by Gasteiger charge is -2.28. The molecule has 1 aliphatic heterocycles. The summed E-state index contributed by atoms with van der Waals surface area (Å²) in [7, 11) is 0. The number of aromatic nitrogens is 2. The van der Waals surface area contributed by atoms with Gasteiger partial charge < -0.3 is 24.6 Å². The third-order valence-corrected chi connectivity index (χ3v) is 6.76. The molecule has 2 amide bonds. The largest absolute Gasteiger partial charge is 0.458 e. The van der Waals surface area contributed by atoms with Crippen LogP contribution < -0.4 is 19.9 Å². The average molecular weight is 589 g/mol. The van der Waals surface area contributed by atoms with Gasteiger partial charge in [0.1, 0.15) is 23.1 Å². The van der Waals surface area contributed by atoms with Crippen LogP contribution >= 0.6 is 11.6 Å². The molecule has 0 bridgehead atoms. The van der Waals surface area contributed by atoms with E-state index >= 15 is 0 Å². The van der Waals surface area contributed by atoms with Crippen LogP contribution in [0.5, 0.6) is 5.75 Å². The second-order valence-corrected chi connectivity index (χ2v) is 11.0. The molecule has 0 radical (unpaired) electrons. The molecular formula is C29H41ClN6O5. The smallest absolute Gasteiger partial charge is 0.415 e. The summed E-state index contributed by atoms with van der Waals surface area (Å²) in [5.41, 5.74) is 0.420. The molecule has 1 saturated heterocycles. The minimum absolute atomic E-state index is 0.236. The Kier molecular flexibility index (Phi) is 11.2. The van der Waals surface area contributed by atoms with Crippen molar-refractivity contribution >= 4 is 46.5 Å². The van der Waals surface area contributed by atoms with Crippen LogP contribution in [0, 0.1) is 0 Å². The first kappa shape index (κ1) is 31.9. The molecule has 0 saturated carbocycles. The van der Waals surface area contributed by atoms with Crippen LogP contribution in [0.15, 0.2) is 30.5 Å². The van der Waals surface area contributed by atoms with Crippen LogP contribution in [0.2, 0.25) is 0 Å². The summed E-state index contributed by atoms with van der Waals surface area (Å²) < 4.78 is 11.2. The van der Waals surface area contributed by atoms with Crippen LogP contribution in [0.25, 0.3) is 0 Å². The lowest BCUT2D eigenvalue weighted by Crippen LogP contribution is -2.39. The number of amides is 2. The normalized spacial score (nSPS) is 13.9. The van der Waals surface area contributed by atoms with Gasteiger partial charge in [-0.15, -0.1) is 0 Å². The quantitative estimate of drug-likeness (QED) is 0.207. The number of halogens is 1. The van der Waals surface area contributed by atoms with Gasteiger partial charge in [-0.2, -0.15) is 4.98 Å². The summed E-state index contributed by atoms with van der Waals surface area (Å²) >= 11 is 5.88. The lowest BCUT2D eigenvalue weighted by molar-refractivity contribution is -0.155. The fourth-order valence-electron chi connectivity index (χ4n) is 4.44. The van der Waals surface area contributed by atoms with Crippen LogP contribution in [0.1, 0.15) is 59.9 Å². The maximum Gasteiger partial charge on any atom is 0.415 e. The van der Waals surface area contributed by atoms with E-state index in [2.05, 4.69) is 10.3 Å². The monoisotopic (exact) mass is 588 g/mol. The molecule has 12 heteroatoms. The van der Waals surface area contributed by atoms with E-state index in [1.54, 1.807) is 56.9 Å². The maximum absolute atomic E-state index is 13.4. The number of esters is 1. The van der Waals surface area contributed by atoms with E-state index in [9.17, 15) is 14.4 Å². The van der Waals surface area contributed by atoms with Crippen molar-refractivity contribution in [1.82, 2.24) is 14.9 Å². The molecule has 11 nitrogen and oxygen atoms in total. The molecule has 0 spiro atoms. The zero-order valence-corrected chi connectivity index (χ0v) is 25.5. The van der Waals surface area contributed by atoms with Crippen LogP contribution in [-0.2, 0) is 16.0 Å². The number of anilines is 3. The molecule has 1 aliphatic rings. The Morgan fingerprint density at radius 3 is 2.22 bits per heavy atom. The van der Waals surface area contributed by atoms with Gasteiger partial charge in [0.05, 0.1) is 6.20 Å². The zero-order valence-electron chi connectivity index (χ0n) is 24.8. The van der Waals surface area contributed by atoms with Gasteiger partial charge in [-0.1, -0.05) is 12.1 Å². The third kappa shape index (κ3) is 8.94. The molecule has 41 heavy (non-hydrogen) atoms. The number of nitrogens with one attached hydrogen (secondary N) is 1. The van der Waals surface area contributed by atoms with E-state index in [0.717, 1.165) is 18.4 Å². The topological polar surface area (TPSA) is 117 Å². The minimum atomic E-state index is -0.866. The van der Waals surface area contributed by atoms with Crippen molar-refractivity contribution in [3.63, 3.8) is 0 Å². The van der Waals surface area contributed by atoms with Gasteiger partial charge >= 0.3 is 17.4 Å². The highest BCUT2D eigenvalue weighted by atomic mass is 35.5. The van der Waals surface area contributed by atoms with Crippen molar-refractivity contribution < 1.29 is 23.9 Å². The van der Waals surface area contributed by atoms with Crippen molar-refractivity contribution in [2.45, 2.75) is 72.4 Å². The third-order valence-electron chi connectivity index (χ3n) is 6.56. The van der Waals surface area contributed by atoms with E-state index in [4.69, 9.17) is 26.1 Å². The summed E-state index contributed by atoms with van der Waals surface area (Å²) in [6.45, 7) is 14.2. The first-order valence-corrected chi connectivity index (χ1v) is 14.5. The van der Waals surface area contributed by atoms with E-state index in [0.29, 0.717) is 43.6 Å². The van der Waals surface area contributed by atoms with Crippen molar-refractivity contribution in [2.75, 3.05) is 47.8 Å². The molecule has 1 aromatic heterocycles. The number of ether oxygens (including phenoxy) is 2. The first-order chi connectivity index (χ1) is 19.4. The zero-order chi connectivity index (χ0) is 30.2. The van der Waals surface area contributed by atoms with Crippen molar-refractivity contribution in [1.29, 1.82) is 0 Å². The van der Waals surface area contributed by atoms with Crippen LogP contribution in [0.4, 0.5) is 27.0 Å². The van der Waals surface area contributed by atoms with Gasteiger partial charge in [-0.25, -0.2) is 14.6 Å². The Morgan fingerprint density at radius 1 is 1.05 bits per heavy atom. The fourth-order valence-corrected chi connectivity index (χ4v) is 4.65. The number of carbonyl (C=O) groups excluding carboxylic acids is 3. The van der Waals surface area contributed by atoms with Crippen molar-refractivity contribution in [3.05, 3.63) is 36.0 Å². The number of rotatable bonds is 11. The predicted molar refractivity (Wildman–Crippen MR) is 160 cm³/mol. The number of hydrogen-bond donors (Lipinski definition) is 1. The Morgan fingerprint density at radius 2 is 1.68 bits per heavy atom. The number of likely N-dealkylation sites (tertiary alicyclic amines) is 1. The summed E-state index contributed by atoms with van der Waals surface area (Å²) in [4.78, 5) is 52.1. The SMILES string of the molecule is CCN(CC)c1ncc(N(CC)C(=O)Cl)c(N[C@@H](Cc2ccc(OC(=O)N3CCCC3)cc2)C(=O)OC(C)(C)C)n1. The molecule has 2 aromatic rings. The predicted octanol–water partition coefficient (Wildman–Crippen LogP) is 5.47. The number of hydrogen-bond acceptors (Lipinski definition) is 9. The Balaban J connectivity index is 1.91. The highest BCUT2D eigenvalue weighted by molar-refractivity contribution is 6.66. The van der Waals surface area contributed by atoms with Gasteiger partial charge in [0.25, 0.3) is 0 Å². The summed E-state index contributed by atoms with van der Waals surface area (Å²) in [6, 6.07) is 6.14. The molecule has 1 atom stereocenters. The first-order valence-electron chi connectivity index (χ1n) is 14.1. The molecule has 0 aliphatic carbocycles. The molecule has 224 valence electrons. The average Bonchev–Trinajstić information content (AvgIpc) is 3.46. The van der Waals surface area contributed by atoms with Crippen LogP contribution in [-0.4, -0.2) is 76.7 Å². The van der Waals surface area contributed by atoms with E-state index in [1.165, 1.54) is 11.1 Å². The molecule has 3 rings (SSSR count). The highest BCUT2D eigenvalue weighted by Gasteiger charge is 2.29. The van der Waals surface area contributed by atoms with Gasteiger partial charge in [0.15, 0.2) is 5.82 Å². The maximum atomic E-state index is 13.4. The van der Waals surface area contributed by atoms with Crippen molar-refractivity contribution in [3.8, 4) is 5.75 Å². The Bertz CT molecular complexity index is 1190. The van der Waals surface area contributed by atoms with Crippen LogP contribution in [0.3, 0.4) is 0 Å². The number of carbonyl (C=O) groups is 3. The standard InChI is InChI=1S/C29H41ClN6O5/c1-7-34(8-2)27-31-19-23(36(9-3)26(30)38)24(33-27)32-22(25(37)41-29(4,5)6)18-20-12-14-21(15-13-20)40-28(39)35-16-10-11-17-35/h12-15,19,22H,7-11,16-18H2,1-6H3,(H,31,32,33)/t22-/m0/s1. The van der Waals surface area contributed by atoms with E-state index in [-0.39, 0.29) is 24.9 Å². The summed E-state index contributed by atoms with van der Waals surface area (Å²) in [5, 5.41) is 2.53. The molecule has 2 heterocycles. The van der Waals surface area contributed by atoms with E-state index in [1.807, 2.05) is 18.7 Å². The van der Waals surface area contributed by atoms with Gasteiger partial charge in [0, 0.05) is 39.1 Å². The number of nitrogens with zero attached hydrogens (tertiary/aromatic N) is 5. The Labute approximate surface area is 247 Å². The van der Waals surface area contributed by atoms with Gasteiger partial charge in [-0.3, -0.25) is 9.69 Å². The molecular weight excluding hydrogens is 548 g/mol. The van der Waals surface area contributed by atoms with Gasteiger partial charge in [0.2, 0.25) is 5.95 Å². The molecule has 0 unspecified atom stereocenters. The van der Waals surface area contributed by atoms with Crippen molar-refractivity contribution in [2.24, 2.45) is 0 Å². The second kappa shape index (κ2) is 14.3. The fraction of sp³-hybridized carbons (Fsp3) is 0.552. The number of benzene rings is 1. The summed E-state index contributed by atoms with van der Waals surface area (Å²) in [6.07, 6.45) is 3.36. The Hall–Kier alpha value is -3.60. The molecule has 1 aromatic carbocycles. The molecule has 1 fully saturated rings. The highest BCUT2D eigenvalue weighted by Crippen LogP contribution is 2.28. The minimum Gasteiger partial charge on any atom is -0.458 e. The van der Waals surface area contributed by atoms with Gasteiger partial charge in [-0.05, 0) is 83.7 Å². The summed E-state index contributed by atoms with van der Waals surface area (Å²) in [5.74, 6) is 0.668. The lowest BCUT2D eigenvalue weighted by atomic mass is 10.0. The second-order valence-electron chi connectivity index (χ2n) is 10.7.